The zero-order chi connectivity index (χ0) is 18.8. The third-order valence-electron chi connectivity index (χ3n) is 4.34. The highest BCUT2D eigenvalue weighted by Gasteiger charge is 2.27. The summed E-state index contributed by atoms with van der Waals surface area (Å²) in [5.41, 5.74) is 1.97. The maximum absolute atomic E-state index is 14.2. The van der Waals surface area contributed by atoms with Crippen LogP contribution in [0, 0.1) is 5.82 Å². The summed E-state index contributed by atoms with van der Waals surface area (Å²) in [6, 6.07) is 5.82. The van der Waals surface area contributed by atoms with Gasteiger partial charge in [0.15, 0.2) is 0 Å². The fraction of sp³-hybridized carbons (Fsp3) is 0.263. The fourth-order valence-corrected chi connectivity index (χ4v) is 3.16. The first-order valence-electron chi connectivity index (χ1n) is 8.05. The molecule has 0 saturated carbocycles. The van der Waals surface area contributed by atoms with Crippen LogP contribution in [0.25, 0.3) is 0 Å². The summed E-state index contributed by atoms with van der Waals surface area (Å²) in [5.74, 6) is -1.35. The van der Waals surface area contributed by atoms with Gasteiger partial charge in [-0.3, -0.25) is 4.79 Å². The standard InChI is InChI=1S/C19H18FNO5/c1-21-18(22)12-4-3-10(8-15(12)20)7-11-9-14(19(23)24)17(25-2)13-5-6-26-16(11)13/h3-4,8-9H,5-7H2,1-2H3,(H,21,22)(H,23,24). The largest absolute Gasteiger partial charge is 0.495 e. The normalized spacial score (nSPS) is 12.3. The van der Waals surface area contributed by atoms with E-state index in [2.05, 4.69) is 5.32 Å². The number of hydrogen-bond donors (Lipinski definition) is 2. The van der Waals surface area contributed by atoms with Crippen molar-refractivity contribution in [2.24, 2.45) is 0 Å². The molecule has 0 radical (unpaired) electrons. The number of hydrogen-bond acceptors (Lipinski definition) is 4. The van der Waals surface area contributed by atoms with Gasteiger partial charge in [0.2, 0.25) is 0 Å². The summed E-state index contributed by atoms with van der Waals surface area (Å²) >= 11 is 0. The minimum Gasteiger partial charge on any atom is -0.495 e. The third-order valence-corrected chi connectivity index (χ3v) is 4.34. The van der Waals surface area contributed by atoms with Gasteiger partial charge in [-0.2, -0.15) is 0 Å². The Morgan fingerprint density at radius 2 is 2.08 bits per heavy atom. The number of carbonyl (C=O) groups is 2. The number of nitrogens with one attached hydrogen (secondary N) is 1. The Labute approximate surface area is 149 Å². The van der Waals surface area contributed by atoms with Crippen LogP contribution in [0.1, 0.15) is 37.4 Å². The lowest BCUT2D eigenvalue weighted by Crippen LogP contribution is -2.19. The smallest absolute Gasteiger partial charge is 0.339 e. The number of halogens is 1. The summed E-state index contributed by atoms with van der Waals surface area (Å²) < 4.78 is 25.1. The molecule has 0 fully saturated rings. The second kappa shape index (κ2) is 7.03. The maximum Gasteiger partial charge on any atom is 0.339 e. The van der Waals surface area contributed by atoms with Crippen molar-refractivity contribution in [2.45, 2.75) is 12.8 Å². The van der Waals surface area contributed by atoms with Crippen molar-refractivity contribution in [2.75, 3.05) is 20.8 Å². The van der Waals surface area contributed by atoms with E-state index in [1.807, 2.05) is 0 Å². The lowest BCUT2D eigenvalue weighted by atomic mass is 9.96. The van der Waals surface area contributed by atoms with E-state index >= 15 is 0 Å². The van der Waals surface area contributed by atoms with E-state index in [9.17, 15) is 19.1 Å². The van der Waals surface area contributed by atoms with Crippen LogP contribution in [0.4, 0.5) is 4.39 Å². The second-order valence-corrected chi connectivity index (χ2v) is 5.90. The molecule has 3 rings (SSSR count). The molecule has 1 heterocycles. The molecular weight excluding hydrogens is 341 g/mol. The Morgan fingerprint density at radius 1 is 1.31 bits per heavy atom. The minimum atomic E-state index is -1.10. The van der Waals surface area contributed by atoms with Crippen LogP contribution in [0.15, 0.2) is 24.3 Å². The van der Waals surface area contributed by atoms with Gasteiger partial charge in [-0.15, -0.1) is 0 Å². The van der Waals surface area contributed by atoms with Crippen LogP contribution in [-0.4, -0.2) is 37.7 Å². The van der Waals surface area contributed by atoms with Crippen molar-refractivity contribution in [3.05, 3.63) is 57.9 Å². The van der Waals surface area contributed by atoms with Gasteiger partial charge in [0, 0.05) is 25.5 Å². The SMILES string of the molecule is CNC(=O)c1ccc(Cc2cc(C(=O)O)c(OC)c3c2OCC3)cc1F. The quantitative estimate of drug-likeness (QED) is 0.856. The molecule has 136 valence electrons. The van der Waals surface area contributed by atoms with Gasteiger partial charge in [0.1, 0.15) is 22.9 Å². The topological polar surface area (TPSA) is 84.9 Å². The third kappa shape index (κ3) is 3.08. The summed E-state index contributed by atoms with van der Waals surface area (Å²) in [6.45, 7) is 0.436. The maximum atomic E-state index is 14.2. The zero-order valence-electron chi connectivity index (χ0n) is 14.4. The molecule has 1 amide bonds. The van der Waals surface area contributed by atoms with Crippen molar-refractivity contribution in [1.29, 1.82) is 0 Å². The van der Waals surface area contributed by atoms with E-state index in [0.717, 1.165) is 0 Å². The van der Waals surface area contributed by atoms with E-state index < -0.39 is 17.7 Å². The highest BCUT2D eigenvalue weighted by molar-refractivity contribution is 5.94. The first-order valence-corrected chi connectivity index (χ1v) is 8.05. The molecule has 7 heteroatoms. The number of ether oxygens (including phenoxy) is 2. The molecule has 0 unspecified atom stereocenters. The second-order valence-electron chi connectivity index (χ2n) is 5.90. The molecule has 2 N–H and O–H groups in total. The number of fused-ring (bicyclic) bond motifs is 1. The van der Waals surface area contributed by atoms with Gasteiger partial charge < -0.3 is 19.9 Å². The first kappa shape index (κ1) is 17.7. The molecule has 2 aromatic rings. The van der Waals surface area contributed by atoms with Crippen molar-refractivity contribution in [3.63, 3.8) is 0 Å². The van der Waals surface area contributed by atoms with Gasteiger partial charge in [-0.1, -0.05) is 6.07 Å². The number of amides is 1. The van der Waals surface area contributed by atoms with E-state index in [-0.39, 0.29) is 17.5 Å². The molecule has 2 aromatic carbocycles. The molecule has 1 aliphatic rings. The number of carboxylic acid groups (broad SMARTS) is 1. The zero-order valence-corrected chi connectivity index (χ0v) is 14.4. The van der Waals surface area contributed by atoms with E-state index in [1.165, 1.54) is 32.4 Å². The average Bonchev–Trinajstić information content (AvgIpc) is 3.10. The predicted molar refractivity (Wildman–Crippen MR) is 91.7 cm³/mol. The molecule has 0 aromatic heterocycles. The number of aromatic carboxylic acids is 1. The molecule has 0 atom stereocenters. The summed E-state index contributed by atoms with van der Waals surface area (Å²) in [7, 11) is 2.86. The van der Waals surface area contributed by atoms with Crippen molar-refractivity contribution < 1.29 is 28.6 Å². The number of carbonyl (C=O) groups excluding carboxylic acids is 1. The van der Waals surface area contributed by atoms with E-state index in [0.29, 0.717) is 41.2 Å². The molecule has 0 bridgehead atoms. The van der Waals surface area contributed by atoms with Crippen LogP contribution in [-0.2, 0) is 12.8 Å². The summed E-state index contributed by atoms with van der Waals surface area (Å²) in [6.07, 6.45) is 0.828. The van der Waals surface area contributed by atoms with Crippen LogP contribution in [0.5, 0.6) is 11.5 Å². The van der Waals surface area contributed by atoms with Gasteiger partial charge in [-0.25, -0.2) is 9.18 Å². The number of methoxy groups -OCH3 is 1. The molecule has 26 heavy (non-hydrogen) atoms. The molecule has 0 spiro atoms. The molecular formula is C19H18FNO5. The Balaban J connectivity index is 2.02. The monoisotopic (exact) mass is 359 g/mol. The molecule has 0 saturated heterocycles. The lowest BCUT2D eigenvalue weighted by molar-refractivity contribution is 0.0692. The number of carboxylic acids is 1. The molecule has 0 aliphatic carbocycles. The Kier molecular flexibility index (Phi) is 4.79. The summed E-state index contributed by atoms with van der Waals surface area (Å²) in [4.78, 5) is 23.2. The van der Waals surface area contributed by atoms with Gasteiger partial charge in [-0.05, 0) is 29.3 Å². The van der Waals surface area contributed by atoms with Crippen LogP contribution < -0.4 is 14.8 Å². The number of benzene rings is 2. The Hall–Kier alpha value is -3.09. The van der Waals surface area contributed by atoms with Gasteiger partial charge in [0.05, 0.1) is 19.3 Å². The van der Waals surface area contributed by atoms with Crippen LogP contribution in [0.2, 0.25) is 0 Å². The Morgan fingerprint density at radius 3 is 2.69 bits per heavy atom. The van der Waals surface area contributed by atoms with Crippen LogP contribution in [0.3, 0.4) is 0 Å². The fourth-order valence-electron chi connectivity index (χ4n) is 3.16. The molecule has 1 aliphatic heterocycles. The highest BCUT2D eigenvalue weighted by atomic mass is 19.1. The van der Waals surface area contributed by atoms with Crippen molar-refractivity contribution in [1.82, 2.24) is 5.32 Å². The number of rotatable bonds is 5. The predicted octanol–water partition coefficient (Wildman–Crippen LogP) is 2.42. The van der Waals surface area contributed by atoms with E-state index in [4.69, 9.17) is 9.47 Å². The average molecular weight is 359 g/mol. The lowest BCUT2D eigenvalue weighted by Gasteiger charge is -2.14. The minimum absolute atomic E-state index is 0.0429. The van der Waals surface area contributed by atoms with Crippen LogP contribution >= 0.6 is 0 Å². The van der Waals surface area contributed by atoms with Crippen molar-refractivity contribution in [3.8, 4) is 11.5 Å². The summed E-state index contributed by atoms with van der Waals surface area (Å²) in [5, 5.41) is 11.8. The Bertz CT molecular complexity index is 894. The first-order chi connectivity index (χ1) is 12.5. The van der Waals surface area contributed by atoms with E-state index in [1.54, 1.807) is 6.07 Å². The highest BCUT2D eigenvalue weighted by Crippen LogP contribution is 2.40. The van der Waals surface area contributed by atoms with Gasteiger partial charge in [0.25, 0.3) is 5.91 Å². The van der Waals surface area contributed by atoms with Gasteiger partial charge >= 0.3 is 5.97 Å². The molecule has 6 nitrogen and oxygen atoms in total. The van der Waals surface area contributed by atoms with Crippen molar-refractivity contribution >= 4 is 11.9 Å².